The summed E-state index contributed by atoms with van der Waals surface area (Å²) >= 11 is 0. The normalized spacial score (nSPS) is 16.9. The summed E-state index contributed by atoms with van der Waals surface area (Å²) in [4.78, 5) is 9.60. The number of ether oxygens (including phenoxy) is 1. The van der Waals surface area contributed by atoms with E-state index in [0.29, 0.717) is 6.47 Å². The molecule has 0 aromatic rings. The van der Waals surface area contributed by atoms with Crippen molar-refractivity contribution in [3.8, 4) is 0 Å². The molecular formula is C15H30O2. The zero-order valence-corrected chi connectivity index (χ0v) is 12.1. The topological polar surface area (TPSA) is 26.3 Å². The van der Waals surface area contributed by atoms with Crippen LogP contribution >= 0.6 is 0 Å². The summed E-state index contributed by atoms with van der Waals surface area (Å²) in [6.45, 7) is 8.22. The molecule has 1 aliphatic carbocycles. The van der Waals surface area contributed by atoms with E-state index in [9.17, 15) is 4.79 Å². The predicted octanol–water partition coefficient (Wildman–Crippen LogP) is 4.71. The van der Waals surface area contributed by atoms with Crippen LogP contribution in [-0.4, -0.2) is 12.1 Å². The molecule has 0 unspecified atom stereocenters. The molecule has 1 saturated carbocycles. The highest BCUT2D eigenvalue weighted by molar-refractivity contribution is 5.37. The average molecular weight is 242 g/mol. The lowest BCUT2D eigenvalue weighted by Gasteiger charge is -2.20. The van der Waals surface area contributed by atoms with E-state index in [0.717, 1.165) is 5.92 Å². The Labute approximate surface area is 107 Å². The molecule has 0 heterocycles. The molecule has 0 atom stereocenters. The third-order valence-corrected chi connectivity index (χ3v) is 3.09. The van der Waals surface area contributed by atoms with Gasteiger partial charge in [-0.15, -0.1) is 0 Å². The van der Waals surface area contributed by atoms with E-state index < -0.39 is 0 Å². The van der Waals surface area contributed by atoms with Gasteiger partial charge in [-0.25, -0.2) is 0 Å². The third-order valence-electron chi connectivity index (χ3n) is 3.09. The molecule has 1 fully saturated rings. The van der Waals surface area contributed by atoms with Crippen LogP contribution in [0.15, 0.2) is 0 Å². The first-order valence-corrected chi connectivity index (χ1v) is 7.11. The Morgan fingerprint density at radius 2 is 1.76 bits per heavy atom. The maximum atomic E-state index is 9.60. The molecule has 17 heavy (non-hydrogen) atoms. The van der Waals surface area contributed by atoms with Crippen LogP contribution in [0.25, 0.3) is 0 Å². The maximum absolute atomic E-state index is 9.60. The molecule has 2 nitrogen and oxygen atoms in total. The minimum atomic E-state index is -0.318. The second-order valence-corrected chi connectivity index (χ2v) is 5.97. The monoisotopic (exact) mass is 242 g/mol. The molecule has 0 bridgehead atoms. The van der Waals surface area contributed by atoms with Gasteiger partial charge in [-0.1, -0.05) is 58.3 Å². The molecule has 0 aliphatic heterocycles. The fourth-order valence-electron chi connectivity index (χ4n) is 2.11. The zero-order chi connectivity index (χ0) is 13.1. The highest BCUT2D eigenvalue weighted by Gasteiger charge is 2.11. The van der Waals surface area contributed by atoms with E-state index in [1.807, 2.05) is 20.8 Å². The van der Waals surface area contributed by atoms with E-state index in [2.05, 4.69) is 11.7 Å². The van der Waals surface area contributed by atoms with Gasteiger partial charge >= 0.3 is 0 Å². The number of hydrogen-bond acceptors (Lipinski definition) is 2. The SMILES string of the molecule is CC(C)(C)OC=O.CCCCC1CCCCC1. The third kappa shape index (κ3) is 11.7. The molecule has 102 valence electrons. The van der Waals surface area contributed by atoms with Crippen molar-refractivity contribution in [2.45, 2.75) is 84.7 Å². The Kier molecular flexibility index (Phi) is 9.20. The van der Waals surface area contributed by atoms with Crippen LogP contribution in [0.2, 0.25) is 0 Å². The fraction of sp³-hybridized carbons (Fsp3) is 0.933. The second-order valence-electron chi connectivity index (χ2n) is 5.97. The summed E-state index contributed by atoms with van der Waals surface area (Å²) < 4.78 is 4.55. The van der Waals surface area contributed by atoms with Gasteiger partial charge in [0.15, 0.2) is 0 Å². The minimum absolute atomic E-state index is 0.318. The first kappa shape index (κ1) is 16.5. The van der Waals surface area contributed by atoms with Crippen molar-refractivity contribution in [1.29, 1.82) is 0 Å². The first-order valence-electron chi connectivity index (χ1n) is 7.11. The van der Waals surface area contributed by atoms with Crippen LogP contribution in [0.1, 0.15) is 79.1 Å². The smallest absolute Gasteiger partial charge is 0.293 e. The van der Waals surface area contributed by atoms with Crippen molar-refractivity contribution < 1.29 is 9.53 Å². The number of carbonyl (C=O) groups excluding carboxylic acids is 1. The van der Waals surface area contributed by atoms with Gasteiger partial charge in [0.05, 0.1) is 0 Å². The van der Waals surface area contributed by atoms with Crippen LogP contribution in [0, 0.1) is 5.92 Å². The Bertz CT molecular complexity index is 176. The molecule has 0 spiro atoms. The lowest BCUT2D eigenvalue weighted by Crippen LogP contribution is -2.17. The quantitative estimate of drug-likeness (QED) is 0.667. The number of hydrogen-bond donors (Lipinski definition) is 0. The van der Waals surface area contributed by atoms with E-state index in [-0.39, 0.29) is 5.60 Å². The van der Waals surface area contributed by atoms with Crippen LogP contribution < -0.4 is 0 Å². The highest BCUT2D eigenvalue weighted by Crippen LogP contribution is 2.27. The number of unbranched alkanes of at least 4 members (excludes halogenated alkanes) is 1. The highest BCUT2D eigenvalue weighted by atomic mass is 16.5. The Morgan fingerprint density at radius 1 is 1.18 bits per heavy atom. The van der Waals surface area contributed by atoms with Gasteiger partial charge in [-0.05, 0) is 26.7 Å². The van der Waals surface area contributed by atoms with Crippen molar-refractivity contribution in [3.05, 3.63) is 0 Å². The van der Waals surface area contributed by atoms with Crippen molar-refractivity contribution in [1.82, 2.24) is 0 Å². The first-order chi connectivity index (χ1) is 7.99. The summed E-state index contributed by atoms with van der Waals surface area (Å²) in [7, 11) is 0. The molecule has 0 aromatic heterocycles. The van der Waals surface area contributed by atoms with Gasteiger partial charge in [-0.3, -0.25) is 4.79 Å². The maximum Gasteiger partial charge on any atom is 0.293 e. The standard InChI is InChI=1S/C10H20.C5H10O2/c1-2-3-7-10-8-5-4-6-9-10;1-5(2,3)7-4-6/h10H,2-9H2,1H3;4H,1-3H3. The number of rotatable bonds is 4. The van der Waals surface area contributed by atoms with Gasteiger partial charge in [0, 0.05) is 0 Å². The summed E-state index contributed by atoms with van der Waals surface area (Å²) in [6, 6.07) is 0. The fourth-order valence-corrected chi connectivity index (χ4v) is 2.11. The van der Waals surface area contributed by atoms with Crippen molar-refractivity contribution in [2.75, 3.05) is 0 Å². The molecule has 0 aromatic carbocycles. The molecule has 1 aliphatic rings. The molecule has 1 rings (SSSR count). The molecule has 0 radical (unpaired) electrons. The van der Waals surface area contributed by atoms with Crippen LogP contribution in [0.3, 0.4) is 0 Å². The lowest BCUT2D eigenvalue weighted by molar-refractivity contribution is -0.138. The Balaban J connectivity index is 0.000000325. The lowest BCUT2D eigenvalue weighted by atomic mass is 9.86. The summed E-state index contributed by atoms with van der Waals surface area (Å²) in [5, 5.41) is 0. The van der Waals surface area contributed by atoms with Crippen molar-refractivity contribution >= 4 is 6.47 Å². The van der Waals surface area contributed by atoms with E-state index in [1.165, 1.54) is 51.4 Å². The van der Waals surface area contributed by atoms with E-state index >= 15 is 0 Å². The zero-order valence-electron chi connectivity index (χ0n) is 12.1. The summed E-state index contributed by atoms with van der Waals surface area (Å²) in [6.07, 6.45) is 11.9. The van der Waals surface area contributed by atoms with Gasteiger partial charge in [-0.2, -0.15) is 0 Å². The van der Waals surface area contributed by atoms with Crippen LogP contribution in [-0.2, 0) is 9.53 Å². The summed E-state index contributed by atoms with van der Waals surface area (Å²) in [5.74, 6) is 1.11. The van der Waals surface area contributed by atoms with Gasteiger partial charge < -0.3 is 4.74 Å². The Hall–Kier alpha value is -0.530. The molecule has 0 saturated heterocycles. The van der Waals surface area contributed by atoms with Crippen molar-refractivity contribution in [2.24, 2.45) is 5.92 Å². The van der Waals surface area contributed by atoms with Gasteiger partial charge in [0.2, 0.25) is 0 Å². The van der Waals surface area contributed by atoms with Gasteiger partial charge in [0.1, 0.15) is 5.60 Å². The van der Waals surface area contributed by atoms with Crippen LogP contribution in [0.4, 0.5) is 0 Å². The molecule has 0 N–H and O–H groups in total. The Morgan fingerprint density at radius 3 is 2.12 bits per heavy atom. The van der Waals surface area contributed by atoms with Gasteiger partial charge in [0.25, 0.3) is 6.47 Å². The molecule has 2 heteroatoms. The van der Waals surface area contributed by atoms with E-state index in [1.54, 1.807) is 0 Å². The average Bonchev–Trinajstić information content (AvgIpc) is 2.27. The van der Waals surface area contributed by atoms with E-state index in [4.69, 9.17) is 0 Å². The summed E-state index contributed by atoms with van der Waals surface area (Å²) in [5.41, 5.74) is -0.318. The second kappa shape index (κ2) is 9.49. The molecular weight excluding hydrogens is 212 g/mol. The van der Waals surface area contributed by atoms with Crippen LogP contribution in [0.5, 0.6) is 0 Å². The largest absolute Gasteiger partial charge is 0.462 e. The number of carbonyl (C=O) groups is 1. The van der Waals surface area contributed by atoms with Crippen molar-refractivity contribution in [3.63, 3.8) is 0 Å². The minimum Gasteiger partial charge on any atom is -0.462 e. The molecule has 0 amide bonds. The predicted molar refractivity (Wildman–Crippen MR) is 73.0 cm³/mol.